The Bertz CT molecular complexity index is 407. The first-order valence-electron chi connectivity index (χ1n) is 5.20. The average Bonchev–Trinajstić information content (AvgIpc) is 2.34. The number of methoxy groups -OCH3 is 3. The van der Waals surface area contributed by atoms with Crippen LogP contribution in [0.3, 0.4) is 0 Å². The Morgan fingerprint density at radius 2 is 1.76 bits per heavy atom. The van der Waals surface area contributed by atoms with Crippen molar-refractivity contribution in [2.24, 2.45) is 5.73 Å². The minimum Gasteiger partial charge on any atom is -0.493 e. The predicted octanol–water partition coefficient (Wildman–Crippen LogP) is 1.93. The quantitative estimate of drug-likeness (QED) is 0.787. The van der Waals surface area contributed by atoms with E-state index in [0.717, 1.165) is 12.0 Å². The maximum Gasteiger partial charge on any atom is 0.203 e. The minimum atomic E-state index is 0.488. The van der Waals surface area contributed by atoms with E-state index in [-0.39, 0.29) is 0 Å². The number of hydrogen-bond donors (Lipinski definition) is 1. The summed E-state index contributed by atoms with van der Waals surface area (Å²) in [5, 5.41) is 0. The minimum absolute atomic E-state index is 0.488. The van der Waals surface area contributed by atoms with Crippen LogP contribution in [0.2, 0.25) is 0 Å². The van der Waals surface area contributed by atoms with Gasteiger partial charge in [0.25, 0.3) is 0 Å². The lowest BCUT2D eigenvalue weighted by molar-refractivity contribution is 0.322. The van der Waals surface area contributed by atoms with E-state index in [1.54, 1.807) is 21.3 Å². The van der Waals surface area contributed by atoms with E-state index < -0.39 is 0 Å². The molecule has 94 valence electrons. The Labute approximate surface area is 107 Å². The van der Waals surface area contributed by atoms with Crippen LogP contribution in [0.5, 0.6) is 17.2 Å². The Morgan fingerprint density at radius 3 is 2.24 bits per heavy atom. The molecule has 2 N–H and O–H groups in total. The van der Waals surface area contributed by atoms with Gasteiger partial charge in [0.15, 0.2) is 11.5 Å². The smallest absolute Gasteiger partial charge is 0.203 e. The summed E-state index contributed by atoms with van der Waals surface area (Å²) in [5.74, 6) is 1.90. The molecule has 1 aromatic rings. The van der Waals surface area contributed by atoms with Crippen LogP contribution < -0.4 is 19.9 Å². The Kier molecular flexibility index (Phi) is 5.03. The molecule has 1 aromatic carbocycles. The van der Waals surface area contributed by atoms with Crippen molar-refractivity contribution >= 4 is 17.2 Å². The van der Waals surface area contributed by atoms with Crippen LogP contribution in [-0.2, 0) is 6.42 Å². The summed E-state index contributed by atoms with van der Waals surface area (Å²) in [6.45, 7) is 0. The molecule has 0 spiro atoms. The lowest BCUT2D eigenvalue weighted by Gasteiger charge is -2.15. The van der Waals surface area contributed by atoms with Gasteiger partial charge >= 0.3 is 0 Å². The first kappa shape index (κ1) is 13.6. The summed E-state index contributed by atoms with van der Waals surface area (Å²) in [6.07, 6.45) is 1.36. The number of ether oxygens (including phenoxy) is 3. The zero-order valence-corrected chi connectivity index (χ0v) is 11.1. The topological polar surface area (TPSA) is 53.7 Å². The lowest BCUT2D eigenvalue weighted by Crippen LogP contribution is -2.09. The highest BCUT2D eigenvalue weighted by atomic mass is 32.1. The first-order valence-corrected chi connectivity index (χ1v) is 5.61. The molecule has 0 radical (unpaired) electrons. The largest absolute Gasteiger partial charge is 0.493 e. The van der Waals surface area contributed by atoms with Crippen LogP contribution in [-0.4, -0.2) is 26.3 Å². The third kappa shape index (κ3) is 3.23. The second kappa shape index (κ2) is 6.30. The fraction of sp³-hybridized carbons (Fsp3) is 0.417. The molecule has 0 aliphatic rings. The van der Waals surface area contributed by atoms with Crippen molar-refractivity contribution < 1.29 is 14.2 Å². The summed E-state index contributed by atoms with van der Waals surface area (Å²) >= 11 is 4.87. The molecule has 0 amide bonds. The van der Waals surface area contributed by atoms with Crippen molar-refractivity contribution in [3.8, 4) is 17.2 Å². The molecule has 5 heteroatoms. The molecule has 0 fully saturated rings. The van der Waals surface area contributed by atoms with Crippen LogP contribution in [0.15, 0.2) is 12.1 Å². The normalized spacial score (nSPS) is 9.82. The second-order valence-electron chi connectivity index (χ2n) is 3.46. The van der Waals surface area contributed by atoms with E-state index in [2.05, 4.69) is 0 Å². The Balaban J connectivity index is 3.09. The highest BCUT2D eigenvalue weighted by molar-refractivity contribution is 7.80. The molecule has 0 aliphatic heterocycles. The molecule has 1 rings (SSSR count). The molecule has 0 aromatic heterocycles. The van der Waals surface area contributed by atoms with E-state index >= 15 is 0 Å². The second-order valence-corrected chi connectivity index (χ2v) is 3.98. The molecule has 0 bridgehead atoms. The average molecular weight is 255 g/mol. The molecule has 0 saturated heterocycles. The summed E-state index contributed by atoms with van der Waals surface area (Å²) < 4.78 is 15.8. The number of rotatable bonds is 6. The van der Waals surface area contributed by atoms with Gasteiger partial charge in [-0.15, -0.1) is 0 Å². The van der Waals surface area contributed by atoms with Crippen molar-refractivity contribution in [1.82, 2.24) is 0 Å². The fourth-order valence-corrected chi connectivity index (χ4v) is 1.72. The molecule has 0 aliphatic carbocycles. The Hall–Kier alpha value is -1.49. The monoisotopic (exact) mass is 255 g/mol. The van der Waals surface area contributed by atoms with Gasteiger partial charge < -0.3 is 19.9 Å². The molecule has 17 heavy (non-hydrogen) atoms. The Morgan fingerprint density at radius 1 is 1.12 bits per heavy atom. The number of hydrogen-bond acceptors (Lipinski definition) is 4. The number of aryl methyl sites for hydroxylation is 1. The number of nitrogens with two attached hydrogens (primary N) is 1. The lowest BCUT2D eigenvalue weighted by atomic mass is 10.1. The zero-order chi connectivity index (χ0) is 12.8. The van der Waals surface area contributed by atoms with Crippen LogP contribution in [0.25, 0.3) is 0 Å². The molecule has 4 nitrogen and oxygen atoms in total. The van der Waals surface area contributed by atoms with Gasteiger partial charge in [-0.05, 0) is 18.1 Å². The molecule has 0 unspecified atom stereocenters. The van der Waals surface area contributed by atoms with E-state index in [1.165, 1.54) is 0 Å². The fourth-order valence-electron chi connectivity index (χ4n) is 1.62. The summed E-state index contributed by atoms with van der Waals surface area (Å²) in [5.41, 5.74) is 6.49. The van der Waals surface area contributed by atoms with E-state index in [0.29, 0.717) is 28.7 Å². The highest BCUT2D eigenvalue weighted by Crippen LogP contribution is 2.40. The molecule has 0 atom stereocenters. The third-order valence-corrected chi connectivity index (χ3v) is 2.63. The van der Waals surface area contributed by atoms with Crippen LogP contribution in [0.1, 0.15) is 12.0 Å². The maximum absolute atomic E-state index is 5.49. The van der Waals surface area contributed by atoms with Gasteiger partial charge in [-0.1, -0.05) is 18.3 Å². The first-order chi connectivity index (χ1) is 8.13. The van der Waals surface area contributed by atoms with Gasteiger partial charge in [0.1, 0.15) is 0 Å². The summed E-state index contributed by atoms with van der Waals surface area (Å²) in [4.78, 5) is 0.488. The van der Waals surface area contributed by atoms with Crippen molar-refractivity contribution in [3.05, 3.63) is 17.7 Å². The van der Waals surface area contributed by atoms with Crippen molar-refractivity contribution in [1.29, 1.82) is 0 Å². The predicted molar refractivity (Wildman–Crippen MR) is 71.2 cm³/mol. The van der Waals surface area contributed by atoms with Crippen molar-refractivity contribution in [2.45, 2.75) is 12.8 Å². The van der Waals surface area contributed by atoms with Gasteiger partial charge in [0, 0.05) is 6.42 Å². The molecule has 0 saturated carbocycles. The maximum atomic E-state index is 5.49. The van der Waals surface area contributed by atoms with E-state index in [1.807, 2.05) is 12.1 Å². The van der Waals surface area contributed by atoms with Crippen LogP contribution in [0, 0.1) is 0 Å². The van der Waals surface area contributed by atoms with Crippen LogP contribution in [0.4, 0.5) is 0 Å². The van der Waals surface area contributed by atoms with Crippen LogP contribution >= 0.6 is 12.2 Å². The SMILES string of the molecule is COc1ccc(CCC(N)=S)c(OC)c1OC. The number of benzene rings is 1. The van der Waals surface area contributed by atoms with E-state index in [4.69, 9.17) is 32.2 Å². The zero-order valence-electron chi connectivity index (χ0n) is 10.3. The van der Waals surface area contributed by atoms with Gasteiger partial charge in [-0.2, -0.15) is 0 Å². The number of thiocarbonyl (C=S) groups is 1. The highest BCUT2D eigenvalue weighted by Gasteiger charge is 2.15. The van der Waals surface area contributed by atoms with Gasteiger partial charge in [0.05, 0.1) is 26.3 Å². The third-order valence-electron chi connectivity index (χ3n) is 2.43. The van der Waals surface area contributed by atoms with Gasteiger partial charge in [-0.3, -0.25) is 0 Å². The van der Waals surface area contributed by atoms with Gasteiger partial charge in [0.2, 0.25) is 5.75 Å². The molecular formula is C12H17NO3S. The molecular weight excluding hydrogens is 238 g/mol. The van der Waals surface area contributed by atoms with Crippen molar-refractivity contribution in [3.63, 3.8) is 0 Å². The van der Waals surface area contributed by atoms with Crippen molar-refractivity contribution in [2.75, 3.05) is 21.3 Å². The standard InChI is InChI=1S/C12H17NO3S/c1-14-9-6-4-8(5-7-10(13)17)11(15-2)12(9)16-3/h4,6H,5,7H2,1-3H3,(H2,13,17). The van der Waals surface area contributed by atoms with Gasteiger partial charge in [-0.25, -0.2) is 0 Å². The van der Waals surface area contributed by atoms with E-state index in [9.17, 15) is 0 Å². The summed E-state index contributed by atoms with van der Waals surface area (Å²) in [7, 11) is 4.77. The molecule has 0 heterocycles. The summed E-state index contributed by atoms with van der Waals surface area (Å²) in [6, 6.07) is 3.77.